The average molecular weight is 294 g/mol. The van der Waals surface area contributed by atoms with Crippen molar-refractivity contribution in [2.24, 2.45) is 5.73 Å². The number of fused-ring (bicyclic) bond motifs is 1. The molecule has 3 rings (SSSR count). The fraction of sp³-hybridized carbons (Fsp3) is 1.00. The Balaban J connectivity index is 1.70. The van der Waals surface area contributed by atoms with Crippen molar-refractivity contribution in [2.45, 2.75) is 63.1 Å². The van der Waals surface area contributed by atoms with E-state index in [-0.39, 0.29) is 5.54 Å². The zero-order chi connectivity index (χ0) is 14.9. The van der Waals surface area contributed by atoms with Crippen LogP contribution in [0.25, 0.3) is 0 Å². The Morgan fingerprint density at radius 1 is 1.10 bits per heavy atom. The molecule has 0 radical (unpaired) electrons. The van der Waals surface area contributed by atoms with Crippen LogP contribution in [0.1, 0.15) is 45.4 Å². The summed E-state index contributed by atoms with van der Waals surface area (Å²) in [5.41, 5.74) is 6.61. The molecule has 3 heterocycles. The van der Waals surface area contributed by atoms with Crippen LogP contribution in [0, 0.1) is 0 Å². The maximum absolute atomic E-state index is 6.36. The van der Waals surface area contributed by atoms with E-state index in [2.05, 4.69) is 28.7 Å². The molecule has 3 saturated heterocycles. The van der Waals surface area contributed by atoms with Crippen molar-refractivity contribution >= 4 is 0 Å². The van der Waals surface area contributed by atoms with Crippen molar-refractivity contribution in [1.82, 2.24) is 14.7 Å². The third-order valence-electron chi connectivity index (χ3n) is 6.67. The number of likely N-dealkylation sites (tertiary alicyclic amines) is 1. The smallest absolute Gasteiger partial charge is 0.0498 e. The van der Waals surface area contributed by atoms with Crippen LogP contribution in [0.15, 0.2) is 0 Å². The lowest BCUT2D eigenvalue weighted by atomic mass is 9.82. The Hall–Kier alpha value is -0.160. The van der Waals surface area contributed by atoms with Gasteiger partial charge in [-0.1, -0.05) is 13.3 Å². The number of piperidine rings is 2. The first-order chi connectivity index (χ1) is 10.2. The molecule has 0 aliphatic carbocycles. The van der Waals surface area contributed by atoms with Gasteiger partial charge in [-0.25, -0.2) is 0 Å². The molecular formula is C17H34N4. The summed E-state index contributed by atoms with van der Waals surface area (Å²) >= 11 is 0. The third kappa shape index (κ3) is 2.76. The molecule has 2 unspecified atom stereocenters. The standard InChI is InChI=1S/C17H34N4/c1-3-20-11-7-15(8-12-20)19(2)17(14-18)9-13-21-10-5-4-6-16(17)21/h15-16H,3-14,18H2,1-2H3. The first kappa shape index (κ1) is 15.7. The lowest BCUT2D eigenvalue weighted by Gasteiger charge is -2.50. The van der Waals surface area contributed by atoms with Crippen LogP contribution in [-0.4, -0.2) is 78.6 Å². The molecule has 3 fully saturated rings. The minimum Gasteiger partial charge on any atom is -0.329 e. The van der Waals surface area contributed by atoms with Crippen LogP contribution in [0.5, 0.6) is 0 Å². The quantitative estimate of drug-likeness (QED) is 0.849. The second kappa shape index (κ2) is 6.53. The molecule has 0 aromatic rings. The Morgan fingerprint density at radius 2 is 1.86 bits per heavy atom. The van der Waals surface area contributed by atoms with E-state index in [9.17, 15) is 0 Å². The van der Waals surface area contributed by atoms with E-state index in [4.69, 9.17) is 5.73 Å². The maximum Gasteiger partial charge on any atom is 0.0498 e. The largest absolute Gasteiger partial charge is 0.329 e. The highest BCUT2D eigenvalue weighted by Crippen LogP contribution is 2.40. The van der Waals surface area contributed by atoms with Gasteiger partial charge in [-0.2, -0.15) is 0 Å². The van der Waals surface area contributed by atoms with Crippen LogP contribution in [0.4, 0.5) is 0 Å². The van der Waals surface area contributed by atoms with Gasteiger partial charge in [0.25, 0.3) is 0 Å². The van der Waals surface area contributed by atoms with Gasteiger partial charge in [0.1, 0.15) is 0 Å². The Kier molecular flexibility index (Phi) is 4.89. The summed E-state index contributed by atoms with van der Waals surface area (Å²) in [6, 6.07) is 1.45. The van der Waals surface area contributed by atoms with E-state index < -0.39 is 0 Å². The molecule has 0 spiro atoms. The van der Waals surface area contributed by atoms with Crippen LogP contribution in [-0.2, 0) is 0 Å². The summed E-state index contributed by atoms with van der Waals surface area (Å²) in [5, 5.41) is 0. The molecule has 4 heteroatoms. The molecule has 0 saturated carbocycles. The van der Waals surface area contributed by atoms with Crippen molar-refractivity contribution in [3.63, 3.8) is 0 Å². The predicted molar refractivity (Wildman–Crippen MR) is 88.5 cm³/mol. The van der Waals surface area contributed by atoms with E-state index in [1.807, 2.05) is 0 Å². The van der Waals surface area contributed by atoms with E-state index in [0.717, 1.165) is 12.6 Å². The van der Waals surface area contributed by atoms with Crippen molar-refractivity contribution in [2.75, 3.05) is 46.3 Å². The van der Waals surface area contributed by atoms with Crippen LogP contribution >= 0.6 is 0 Å². The molecule has 0 amide bonds. The topological polar surface area (TPSA) is 35.7 Å². The highest BCUT2D eigenvalue weighted by atomic mass is 15.3. The van der Waals surface area contributed by atoms with Crippen LogP contribution < -0.4 is 5.73 Å². The monoisotopic (exact) mass is 294 g/mol. The van der Waals surface area contributed by atoms with Crippen LogP contribution in [0.2, 0.25) is 0 Å². The van der Waals surface area contributed by atoms with Gasteiger partial charge in [0.05, 0.1) is 0 Å². The zero-order valence-electron chi connectivity index (χ0n) is 14.1. The summed E-state index contributed by atoms with van der Waals surface area (Å²) < 4.78 is 0. The van der Waals surface area contributed by atoms with E-state index >= 15 is 0 Å². The number of likely N-dealkylation sites (N-methyl/N-ethyl adjacent to an activating group) is 1. The molecule has 0 aromatic carbocycles. The van der Waals surface area contributed by atoms with Crippen molar-refractivity contribution in [3.05, 3.63) is 0 Å². The molecule has 0 aromatic heterocycles. The average Bonchev–Trinajstić information content (AvgIpc) is 2.94. The van der Waals surface area contributed by atoms with Crippen LogP contribution in [0.3, 0.4) is 0 Å². The molecule has 2 N–H and O–H groups in total. The third-order valence-corrected chi connectivity index (χ3v) is 6.67. The SMILES string of the molecule is CCN1CCC(N(C)C2(CN)CCN3CCCCC32)CC1. The van der Waals surface area contributed by atoms with E-state index in [1.54, 1.807) is 0 Å². The molecule has 2 atom stereocenters. The summed E-state index contributed by atoms with van der Waals surface area (Å²) in [7, 11) is 2.37. The van der Waals surface area contributed by atoms with Gasteiger partial charge in [-0.3, -0.25) is 9.80 Å². The predicted octanol–water partition coefficient (Wildman–Crippen LogP) is 1.36. The second-order valence-electron chi connectivity index (χ2n) is 7.38. The lowest BCUT2D eigenvalue weighted by Crippen LogP contribution is -2.64. The summed E-state index contributed by atoms with van der Waals surface area (Å²) in [5.74, 6) is 0. The Bertz CT molecular complexity index is 340. The summed E-state index contributed by atoms with van der Waals surface area (Å²) in [6.07, 6.45) is 8.05. The maximum atomic E-state index is 6.36. The summed E-state index contributed by atoms with van der Waals surface area (Å²) in [4.78, 5) is 8.03. The normalized spacial score (nSPS) is 36.3. The van der Waals surface area contributed by atoms with Gasteiger partial charge in [0, 0.05) is 30.7 Å². The molecule has 4 nitrogen and oxygen atoms in total. The number of hydrogen-bond donors (Lipinski definition) is 1. The fourth-order valence-electron chi connectivity index (χ4n) is 5.15. The molecule has 3 aliphatic rings. The second-order valence-corrected chi connectivity index (χ2v) is 7.38. The Morgan fingerprint density at radius 3 is 2.52 bits per heavy atom. The first-order valence-corrected chi connectivity index (χ1v) is 9.10. The number of nitrogens with zero attached hydrogens (tertiary/aromatic N) is 3. The molecular weight excluding hydrogens is 260 g/mol. The van der Waals surface area contributed by atoms with Crippen molar-refractivity contribution in [3.8, 4) is 0 Å². The molecule has 3 aliphatic heterocycles. The minimum absolute atomic E-state index is 0.249. The van der Waals surface area contributed by atoms with Gasteiger partial charge in [0.2, 0.25) is 0 Å². The Labute approximate surface area is 130 Å². The fourth-order valence-corrected chi connectivity index (χ4v) is 5.15. The van der Waals surface area contributed by atoms with Gasteiger partial charge >= 0.3 is 0 Å². The minimum atomic E-state index is 0.249. The van der Waals surface area contributed by atoms with E-state index in [1.165, 1.54) is 71.2 Å². The molecule has 0 bridgehead atoms. The van der Waals surface area contributed by atoms with Gasteiger partial charge in [-0.15, -0.1) is 0 Å². The first-order valence-electron chi connectivity index (χ1n) is 9.10. The highest BCUT2D eigenvalue weighted by Gasteiger charge is 2.51. The number of hydrogen-bond acceptors (Lipinski definition) is 4. The lowest BCUT2D eigenvalue weighted by molar-refractivity contribution is 0.00545. The summed E-state index contributed by atoms with van der Waals surface area (Å²) in [6.45, 7) is 9.41. The molecule has 122 valence electrons. The highest BCUT2D eigenvalue weighted by molar-refractivity contribution is 5.09. The zero-order valence-corrected chi connectivity index (χ0v) is 14.1. The van der Waals surface area contributed by atoms with E-state index in [0.29, 0.717) is 6.04 Å². The number of rotatable bonds is 4. The number of nitrogens with two attached hydrogens (primary N) is 1. The van der Waals surface area contributed by atoms with Gasteiger partial charge < -0.3 is 10.6 Å². The van der Waals surface area contributed by atoms with Crippen molar-refractivity contribution in [1.29, 1.82) is 0 Å². The van der Waals surface area contributed by atoms with Gasteiger partial charge in [-0.05, 0) is 65.3 Å². The van der Waals surface area contributed by atoms with Gasteiger partial charge in [0.15, 0.2) is 0 Å². The van der Waals surface area contributed by atoms with Crippen molar-refractivity contribution < 1.29 is 0 Å². The molecule has 21 heavy (non-hydrogen) atoms.